The molecule has 1 aromatic carbocycles. The Morgan fingerprint density at radius 3 is 2.82 bits per heavy atom. The molecule has 4 nitrogen and oxygen atoms in total. The maximum Gasteiger partial charge on any atom is 0.250 e. The van der Waals surface area contributed by atoms with Crippen LogP contribution in [-0.4, -0.2) is 14.1 Å². The van der Waals surface area contributed by atoms with Gasteiger partial charge >= 0.3 is 0 Å². The monoisotopic (exact) mass is 225 g/mol. The van der Waals surface area contributed by atoms with E-state index in [1.807, 2.05) is 35.0 Å². The zero-order chi connectivity index (χ0) is 11.8. The SMILES string of the molecule is Cn1c(=O)ccc2cc(-n3ccnc3)ccc21. The van der Waals surface area contributed by atoms with Gasteiger partial charge in [0.1, 0.15) is 0 Å². The molecule has 0 saturated carbocycles. The zero-order valence-electron chi connectivity index (χ0n) is 9.37. The number of nitrogens with zero attached hydrogens (tertiary/aromatic N) is 3. The Bertz CT molecular complexity index is 726. The van der Waals surface area contributed by atoms with E-state index in [0.717, 1.165) is 16.6 Å². The molecule has 0 radical (unpaired) electrons. The maximum atomic E-state index is 11.5. The molecule has 3 aromatic rings. The van der Waals surface area contributed by atoms with Crippen molar-refractivity contribution in [3.8, 4) is 5.69 Å². The summed E-state index contributed by atoms with van der Waals surface area (Å²) in [5.41, 5.74) is 1.97. The molecule has 84 valence electrons. The maximum absolute atomic E-state index is 11.5. The van der Waals surface area contributed by atoms with E-state index < -0.39 is 0 Å². The molecule has 0 spiro atoms. The highest BCUT2D eigenvalue weighted by atomic mass is 16.1. The number of hydrogen-bond donors (Lipinski definition) is 0. The first kappa shape index (κ1) is 9.84. The molecule has 0 aliphatic rings. The molecule has 0 fully saturated rings. The molecule has 0 saturated heterocycles. The van der Waals surface area contributed by atoms with Gasteiger partial charge in [-0.3, -0.25) is 4.79 Å². The van der Waals surface area contributed by atoms with Gasteiger partial charge < -0.3 is 9.13 Å². The first-order chi connectivity index (χ1) is 8.25. The highest BCUT2D eigenvalue weighted by Gasteiger charge is 2.01. The summed E-state index contributed by atoms with van der Waals surface area (Å²) in [5, 5.41) is 1.04. The molecule has 3 rings (SSSR count). The lowest BCUT2D eigenvalue weighted by Gasteiger charge is -2.07. The van der Waals surface area contributed by atoms with Gasteiger partial charge in [0.2, 0.25) is 0 Å². The summed E-state index contributed by atoms with van der Waals surface area (Å²) in [6.45, 7) is 0. The smallest absolute Gasteiger partial charge is 0.250 e. The predicted octanol–water partition coefficient (Wildman–Crippen LogP) is 1.72. The van der Waals surface area contributed by atoms with Gasteiger partial charge in [-0.25, -0.2) is 4.98 Å². The molecule has 4 heteroatoms. The van der Waals surface area contributed by atoms with Crippen LogP contribution in [0.5, 0.6) is 0 Å². The molecule has 0 bridgehead atoms. The summed E-state index contributed by atoms with van der Waals surface area (Å²) in [6, 6.07) is 9.39. The second kappa shape index (κ2) is 3.59. The summed E-state index contributed by atoms with van der Waals surface area (Å²) >= 11 is 0. The highest BCUT2D eigenvalue weighted by molar-refractivity contribution is 5.81. The van der Waals surface area contributed by atoms with Crippen molar-refractivity contribution in [2.24, 2.45) is 7.05 Å². The van der Waals surface area contributed by atoms with Gasteiger partial charge in [0.05, 0.1) is 11.8 Å². The molecule has 2 heterocycles. The lowest BCUT2D eigenvalue weighted by atomic mass is 10.2. The van der Waals surface area contributed by atoms with Crippen molar-refractivity contribution in [1.29, 1.82) is 0 Å². The van der Waals surface area contributed by atoms with Crippen molar-refractivity contribution >= 4 is 10.9 Å². The van der Waals surface area contributed by atoms with Crippen LogP contribution in [0.1, 0.15) is 0 Å². The summed E-state index contributed by atoms with van der Waals surface area (Å²) < 4.78 is 3.58. The Balaban J connectivity index is 2.28. The fourth-order valence-corrected chi connectivity index (χ4v) is 1.94. The van der Waals surface area contributed by atoms with E-state index in [4.69, 9.17) is 0 Å². The van der Waals surface area contributed by atoms with Gasteiger partial charge in [-0.1, -0.05) is 0 Å². The lowest BCUT2D eigenvalue weighted by Crippen LogP contribution is -2.14. The second-order valence-corrected chi connectivity index (χ2v) is 3.94. The van der Waals surface area contributed by atoms with E-state index in [2.05, 4.69) is 4.98 Å². The lowest BCUT2D eigenvalue weighted by molar-refractivity contribution is 0.905. The minimum atomic E-state index is 0.00730. The minimum Gasteiger partial charge on any atom is -0.311 e. The minimum absolute atomic E-state index is 0.00730. The van der Waals surface area contributed by atoms with Crippen LogP contribution in [-0.2, 0) is 7.05 Å². The number of pyridine rings is 1. The van der Waals surface area contributed by atoms with Crippen molar-refractivity contribution in [3.05, 3.63) is 59.4 Å². The Labute approximate surface area is 97.8 Å². The molecule has 0 amide bonds. The normalized spacial score (nSPS) is 10.9. The number of benzene rings is 1. The molecule has 0 aliphatic carbocycles. The van der Waals surface area contributed by atoms with E-state index in [1.54, 1.807) is 30.2 Å². The van der Waals surface area contributed by atoms with Crippen LogP contribution in [0.25, 0.3) is 16.6 Å². The van der Waals surface area contributed by atoms with E-state index in [1.165, 1.54) is 0 Å². The van der Waals surface area contributed by atoms with E-state index in [0.29, 0.717) is 0 Å². The fourth-order valence-electron chi connectivity index (χ4n) is 1.94. The Kier molecular flexibility index (Phi) is 2.08. The van der Waals surface area contributed by atoms with E-state index in [-0.39, 0.29) is 5.56 Å². The van der Waals surface area contributed by atoms with Crippen molar-refractivity contribution in [2.75, 3.05) is 0 Å². The third-order valence-corrected chi connectivity index (χ3v) is 2.91. The van der Waals surface area contributed by atoms with E-state index >= 15 is 0 Å². The van der Waals surface area contributed by atoms with Crippen molar-refractivity contribution in [3.63, 3.8) is 0 Å². The number of rotatable bonds is 1. The number of aromatic nitrogens is 3. The number of fused-ring (bicyclic) bond motifs is 1. The number of aryl methyl sites for hydroxylation is 1. The summed E-state index contributed by atoms with van der Waals surface area (Å²) in [5.74, 6) is 0. The van der Waals surface area contributed by atoms with Crippen molar-refractivity contribution in [1.82, 2.24) is 14.1 Å². The van der Waals surface area contributed by atoms with Crippen molar-refractivity contribution < 1.29 is 0 Å². The van der Waals surface area contributed by atoms with Crippen LogP contribution < -0.4 is 5.56 Å². The Morgan fingerprint density at radius 2 is 2.06 bits per heavy atom. The Hall–Kier alpha value is -2.36. The third kappa shape index (κ3) is 1.54. The molecule has 0 unspecified atom stereocenters. The van der Waals surface area contributed by atoms with Crippen LogP contribution >= 0.6 is 0 Å². The van der Waals surface area contributed by atoms with Crippen LogP contribution in [0.4, 0.5) is 0 Å². The molecule has 2 aromatic heterocycles. The topological polar surface area (TPSA) is 39.8 Å². The average molecular weight is 225 g/mol. The predicted molar refractivity (Wildman–Crippen MR) is 66.3 cm³/mol. The molecular formula is C13H11N3O. The highest BCUT2D eigenvalue weighted by Crippen LogP contribution is 2.16. The molecular weight excluding hydrogens is 214 g/mol. The first-order valence-electron chi connectivity index (χ1n) is 5.34. The van der Waals surface area contributed by atoms with Gasteiger partial charge in [-0.05, 0) is 24.3 Å². The molecule has 0 aliphatic heterocycles. The van der Waals surface area contributed by atoms with E-state index in [9.17, 15) is 4.79 Å². The van der Waals surface area contributed by atoms with Gasteiger partial charge in [0.15, 0.2) is 0 Å². The van der Waals surface area contributed by atoms with Crippen molar-refractivity contribution in [2.45, 2.75) is 0 Å². The van der Waals surface area contributed by atoms with Crippen LogP contribution in [0.15, 0.2) is 53.8 Å². The quantitative estimate of drug-likeness (QED) is 0.632. The number of imidazole rings is 1. The Morgan fingerprint density at radius 1 is 1.18 bits per heavy atom. The van der Waals surface area contributed by atoms with Crippen LogP contribution in [0, 0.1) is 0 Å². The third-order valence-electron chi connectivity index (χ3n) is 2.91. The average Bonchev–Trinajstić information content (AvgIpc) is 2.87. The van der Waals surface area contributed by atoms with Gasteiger partial charge in [-0.15, -0.1) is 0 Å². The standard InChI is InChI=1S/C13H11N3O/c1-15-12-4-3-11(16-7-6-14-9-16)8-10(12)2-5-13(15)17/h2-9H,1H3. The first-order valence-corrected chi connectivity index (χ1v) is 5.34. The summed E-state index contributed by atoms with van der Waals surface area (Å²) in [4.78, 5) is 15.5. The summed E-state index contributed by atoms with van der Waals surface area (Å²) in [7, 11) is 1.78. The van der Waals surface area contributed by atoms with Crippen LogP contribution in [0.2, 0.25) is 0 Å². The van der Waals surface area contributed by atoms with Gasteiger partial charge in [0.25, 0.3) is 5.56 Å². The second-order valence-electron chi connectivity index (χ2n) is 3.94. The van der Waals surface area contributed by atoms with Crippen LogP contribution in [0.3, 0.4) is 0 Å². The van der Waals surface area contributed by atoms with Gasteiger partial charge in [0, 0.05) is 36.6 Å². The molecule has 0 N–H and O–H groups in total. The number of hydrogen-bond acceptors (Lipinski definition) is 2. The van der Waals surface area contributed by atoms with Gasteiger partial charge in [-0.2, -0.15) is 0 Å². The molecule has 17 heavy (non-hydrogen) atoms. The fraction of sp³-hybridized carbons (Fsp3) is 0.0769. The molecule has 0 atom stereocenters. The largest absolute Gasteiger partial charge is 0.311 e. The zero-order valence-corrected chi connectivity index (χ0v) is 9.37. The summed E-state index contributed by atoms with van der Waals surface area (Å²) in [6.07, 6.45) is 5.39.